The Kier molecular flexibility index (Phi) is 3.78. The number of carbonyl (C=O) groups is 2. The summed E-state index contributed by atoms with van der Waals surface area (Å²) in [7, 11) is 0. The lowest BCUT2D eigenvalue weighted by Gasteiger charge is -2.22. The lowest BCUT2D eigenvalue weighted by atomic mass is 10.0. The highest BCUT2D eigenvalue weighted by atomic mass is 16.4. The van der Waals surface area contributed by atoms with E-state index in [0.717, 1.165) is 12.8 Å². The van der Waals surface area contributed by atoms with Gasteiger partial charge in [-0.2, -0.15) is 0 Å². The van der Waals surface area contributed by atoms with Gasteiger partial charge in [0.05, 0.1) is 6.42 Å². The van der Waals surface area contributed by atoms with Crippen LogP contribution in [-0.2, 0) is 4.79 Å². The van der Waals surface area contributed by atoms with E-state index >= 15 is 0 Å². The quantitative estimate of drug-likeness (QED) is 0.664. The number of rotatable bonds is 5. The van der Waals surface area contributed by atoms with E-state index in [1.54, 1.807) is 0 Å². The summed E-state index contributed by atoms with van der Waals surface area (Å²) in [4.78, 5) is 22.2. The third-order valence-corrected chi connectivity index (χ3v) is 2.93. The Morgan fingerprint density at radius 3 is 2.31 bits per heavy atom. The van der Waals surface area contributed by atoms with E-state index in [2.05, 4.69) is 10.6 Å². The molecule has 0 aromatic carbocycles. The maximum atomic E-state index is 11.6. The van der Waals surface area contributed by atoms with Gasteiger partial charge in [0.2, 0.25) is 0 Å². The van der Waals surface area contributed by atoms with E-state index in [4.69, 9.17) is 5.11 Å². The molecule has 0 bridgehead atoms. The molecule has 1 aliphatic carbocycles. The van der Waals surface area contributed by atoms with Crippen molar-refractivity contribution >= 4 is 12.0 Å². The average Bonchev–Trinajstić information content (AvgIpc) is 2.80. The Labute approximate surface area is 95.6 Å². The van der Waals surface area contributed by atoms with Gasteiger partial charge in [0, 0.05) is 11.6 Å². The molecule has 0 aromatic rings. The first-order valence-electron chi connectivity index (χ1n) is 5.63. The first kappa shape index (κ1) is 12.8. The second kappa shape index (κ2) is 4.72. The van der Waals surface area contributed by atoms with Crippen LogP contribution in [0.2, 0.25) is 0 Å². The molecule has 0 aliphatic heterocycles. The summed E-state index contributed by atoms with van der Waals surface area (Å²) in [6, 6.07) is -0.584. The van der Waals surface area contributed by atoms with E-state index in [1.165, 1.54) is 0 Å². The zero-order valence-electron chi connectivity index (χ0n) is 10.0. The van der Waals surface area contributed by atoms with Crippen molar-refractivity contribution < 1.29 is 14.7 Å². The van der Waals surface area contributed by atoms with Crippen molar-refractivity contribution in [2.45, 2.75) is 51.6 Å². The molecule has 16 heavy (non-hydrogen) atoms. The molecule has 5 heteroatoms. The lowest BCUT2D eigenvalue weighted by molar-refractivity contribution is -0.137. The Morgan fingerprint density at radius 2 is 1.94 bits per heavy atom. The van der Waals surface area contributed by atoms with Crippen molar-refractivity contribution in [3.63, 3.8) is 0 Å². The second-order valence-corrected chi connectivity index (χ2v) is 5.11. The predicted molar refractivity (Wildman–Crippen MR) is 60.2 cm³/mol. The third kappa shape index (κ3) is 4.08. The van der Waals surface area contributed by atoms with Gasteiger partial charge in [-0.15, -0.1) is 0 Å². The minimum atomic E-state index is -0.892. The Bertz CT molecular complexity index is 285. The topological polar surface area (TPSA) is 78.4 Å². The lowest BCUT2D eigenvalue weighted by Crippen LogP contribution is -2.48. The van der Waals surface area contributed by atoms with Gasteiger partial charge in [-0.25, -0.2) is 4.79 Å². The first-order chi connectivity index (χ1) is 7.32. The van der Waals surface area contributed by atoms with Gasteiger partial charge in [-0.3, -0.25) is 4.79 Å². The fourth-order valence-corrected chi connectivity index (χ4v) is 1.43. The maximum Gasteiger partial charge on any atom is 0.315 e. The van der Waals surface area contributed by atoms with Crippen LogP contribution < -0.4 is 10.6 Å². The van der Waals surface area contributed by atoms with Crippen molar-refractivity contribution in [1.29, 1.82) is 0 Å². The van der Waals surface area contributed by atoms with Gasteiger partial charge in [0.25, 0.3) is 0 Å². The summed E-state index contributed by atoms with van der Waals surface area (Å²) in [6.07, 6.45) is 1.94. The summed E-state index contributed by atoms with van der Waals surface area (Å²) in [5.74, 6) is -0.787. The molecule has 0 spiro atoms. The van der Waals surface area contributed by atoms with E-state index < -0.39 is 5.97 Å². The average molecular weight is 228 g/mol. The zero-order valence-corrected chi connectivity index (χ0v) is 10.0. The number of aliphatic carboxylic acids is 1. The minimum absolute atomic E-state index is 0.0399. The molecule has 0 radical (unpaired) electrons. The monoisotopic (exact) mass is 228 g/mol. The molecule has 5 nitrogen and oxygen atoms in total. The standard InChI is InChI=1S/C11H20N2O3/c1-7(2)8(6-9(14)15)12-10(16)13-11(3)4-5-11/h7-8H,4-6H2,1-3H3,(H,14,15)(H2,12,13,16). The number of hydrogen-bond donors (Lipinski definition) is 3. The molecule has 0 saturated heterocycles. The van der Waals surface area contributed by atoms with E-state index in [0.29, 0.717) is 0 Å². The normalized spacial score (nSPS) is 19.0. The largest absolute Gasteiger partial charge is 0.481 e. The van der Waals surface area contributed by atoms with Crippen LogP contribution in [0.5, 0.6) is 0 Å². The van der Waals surface area contributed by atoms with Crippen molar-refractivity contribution in [2.24, 2.45) is 5.92 Å². The highest BCUT2D eigenvalue weighted by Gasteiger charge is 2.39. The van der Waals surface area contributed by atoms with Gasteiger partial charge in [0.15, 0.2) is 0 Å². The first-order valence-corrected chi connectivity index (χ1v) is 5.63. The van der Waals surface area contributed by atoms with Gasteiger partial charge in [0.1, 0.15) is 0 Å². The number of nitrogens with one attached hydrogen (secondary N) is 2. The summed E-state index contributed by atoms with van der Waals surface area (Å²) in [5, 5.41) is 14.3. The van der Waals surface area contributed by atoms with Crippen LogP contribution in [0.1, 0.15) is 40.0 Å². The Hall–Kier alpha value is -1.26. The van der Waals surface area contributed by atoms with Crippen LogP contribution in [0.25, 0.3) is 0 Å². The number of hydrogen-bond acceptors (Lipinski definition) is 2. The smallest absolute Gasteiger partial charge is 0.315 e. The highest BCUT2D eigenvalue weighted by Crippen LogP contribution is 2.34. The molecule has 0 heterocycles. The Morgan fingerprint density at radius 1 is 1.38 bits per heavy atom. The minimum Gasteiger partial charge on any atom is -0.481 e. The van der Waals surface area contributed by atoms with E-state index in [9.17, 15) is 9.59 Å². The molecule has 2 amide bonds. The predicted octanol–water partition coefficient (Wildman–Crippen LogP) is 1.34. The molecule has 1 aliphatic rings. The van der Waals surface area contributed by atoms with Crippen molar-refractivity contribution in [3.8, 4) is 0 Å². The van der Waals surface area contributed by atoms with Crippen LogP contribution in [0, 0.1) is 5.92 Å². The molecule has 92 valence electrons. The van der Waals surface area contributed by atoms with Crippen LogP contribution >= 0.6 is 0 Å². The number of amides is 2. The van der Waals surface area contributed by atoms with Crippen LogP contribution in [0.15, 0.2) is 0 Å². The van der Waals surface area contributed by atoms with Gasteiger partial charge in [-0.1, -0.05) is 13.8 Å². The molecule has 3 N–H and O–H groups in total. The van der Waals surface area contributed by atoms with Gasteiger partial charge < -0.3 is 15.7 Å². The number of carboxylic acids is 1. The fraction of sp³-hybridized carbons (Fsp3) is 0.818. The third-order valence-electron chi connectivity index (χ3n) is 2.93. The van der Waals surface area contributed by atoms with Gasteiger partial charge >= 0.3 is 12.0 Å². The molecule has 1 rings (SSSR count). The molecule has 1 saturated carbocycles. The fourth-order valence-electron chi connectivity index (χ4n) is 1.43. The zero-order chi connectivity index (χ0) is 12.3. The molecular formula is C11H20N2O3. The molecule has 0 aromatic heterocycles. The number of carbonyl (C=O) groups excluding carboxylic acids is 1. The van der Waals surface area contributed by atoms with Crippen LogP contribution in [0.4, 0.5) is 4.79 Å². The van der Waals surface area contributed by atoms with E-state index in [1.807, 2.05) is 20.8 Å². The van der Waals surface area contributed by atoms with Crippen molar-refractivity contribution in [3.05, 3.63) is 0 Å². The van der Waals surface area contributed by atoms with Gasteiger partial charge in [-0.05, 0) is 25.7 Å². The molecule has 1 atom stereocenters. The number of carboxylic acid groups (broad SMARTS) is 1. The number of urea groups is 1. The summed E-state index contributed by atoms with van der Waals surface area (Å²) in [6.45, 7) is 5.77. The van der Waals surface area contributed by atoms with Crippen molar-refractivity contribution in [1.82, 2.24) is 10.6 Å². The molecule has 1 fully saturated rings. The van der Waals surface area contributed by atoms with Crippen LogP contribution in [-0.4, -0.2) is 28.7 Å². The molecule has 1 unspecified atom stereocenters. The Balaban J connectivity index is 2.41. The molecular weight excluding hydrogens is 208 g/mol. The summed E-state index contributed by atoms with van der Waals surface area (Å²) < 4.78 is 0. The second-order valence-electron chi connectivity index (χ2n) is 5.11. The summed E-state index contributed by atoms with van der Waals surface area (Å²) in [5.41, 5.74) is -0.0746. The highest BCUT2D eigenvalue weighted by molar-refractivity contribution is 5.76. The van der Waals surface area contributed by atoms with Crippen molar-refractivity contribution in [2.75, 3.05) is 0 Å². The maximum absolute atomic E-state index is 11.6. The van der Waals surface area contributed by atoms with E-state index in [-0.39, 0.29) is 30.0 Å². The summed E-state index contributed by atoms with van der Waals surface area (Å²) >= 11 is 0. The van der Waals surface area contributed by atoms with Crippen LogP contribution in [0.3, 0.4) is 0 Å². The SMILES string of the molecule is CC(C)C(CC(=O)O)NC(=O)NC1(C)CC1.